The smallest absolute Gasteiger partial charge is 0.242 e. The third-order valence-corrected chi connectivity index (χ3v) is 5.98. The van der Waals surface area contributed by atoms with Gasteiger partial charge < -0.3 is 10.1 Å². The van der Waals surface area contributed by atoms with Gasteiger partial charge in [-0.15, -0.1) is 0 Å². The maximum atomic E-state index is 12.4. The average molecular weight is 405 g/mol. The van der Waals surface area contributed by atoms with Gasteiger partial charge in [-0.1, -0.05) is 30.3 Å². The summed E-state index contributed by atoms with van der Waals surface area (Å²) in [6, 6.07) is 15.9. The van der Waals surface area contributed by atoms with E-state index < -0.39 is 10.0 Å². The van der Waals surface area contributed by atoms with Gasteiger partial charge in [-0.3, -0.25) is 4.79 Å². The molecule has 0 fully saturated rings. The molecular weight excluding hydrogens is 376 g/mol. The van der Waals surface area contributed by atoms with Crippen LogP contribution < -0.4 is 10.1 Å². The number of nitrogens with one attached hydrogen (secondary N) is 1. The van der Waals surface area contributed by atoms with Gasteiger partial charge in [-0.25, -0.2) is 12.7 Å². The van der Waals surface area contributed by atoms with Crippen LogP contribution in [0.5, 0.6) is 5.75 Å². The van der Waals surface area contributed by atoms with Crippen LogP contribution in [-0.2, 0) is 21.4 Å². The molecule has 0 atom stereocenters. The standard InChI is InChI=1S/C21H28N2O4S/c1-17(2)27-19-13-11-18(12-14-19)16-22-21(24)10-7-15-23(3)28(25,26)20-8-5-4-6-9-20/h4-6,8-9,11-14,17H,7,10,15-16H2,1-3H3,(H,22,24). The van der Waals surface area contributed by atoms with Crippen LogP contribution in [0.25, 0.3) is 0 Å². The molecule has 1 amide bonds. The molecular formula is C21H28N2O4S. The molecule has 2 aromatic carbocycles. The Hall–Kier alpha value is -2.38. The third kappa shape index (κ3) is 6.65. The number of amides is 1. The van der Waals surface area contributed by atoms with Crippen LogP contribution in [0.15, 0.2) is 59.5 Å². The number of ether oxygens (including phenoxy) is 1. The summed E-state index contributed by atoms with van der Waals surface area (Å²) in [5.74, 6) is 0.695. The summed E-state index contributed by atoms with van der Waals surface area (Å²) in [7, 11) is -1.99. The van der Waals surface area contributed by atoms with Crippen molar-refractivity contribution in [3.63, 3.8) is 0 Å². The Morgan fingerprint density at radius 3 is 2.32 bits per heavy atom. The Kier molecular flexibility index (Phi) is 8.02. The normalized spacial score (nSPS) is 11.6. The number of carbonyl (C=O) groups is 1. The number of hydrogen-bond acceptors (Lipinski definition) is 4. The lowest BCUT2D eigenvalue weighted by molar-refractivity contribution is -0.121. The van der Waals surface area contributed by atoms with E-state index in [1.165, 1.54) is 11.4 Å². The van der Waals surface area contributed by atoms with E-state index in [2.05, 4.69) is 5.32 Å². The predicted octanol–water partition coefficient (Wildman–Crippen LogP) is 3.19. The zero-order valence-electron chi connectivity index (χ0n) is 16.6. The maximum Gasteiger partial charge on any atom is 0.242 e. The Labute approximate surface area is 167 Å². The summed E-state index contributed by atoms with van der Waals surface area (Å²) < 4.78 is 31.7. The van der Waals surface area contributed by atoms with Crippen molar-refractivity contribution in [2.75, 3.05) is 13.6 Å². The molecule has 0 bridgehead atoms. The van der Waals surface area contributed by atoms with Crippen molar-refractivity contribution in [3.8, 4) is 5.75 Å². The summed E-state index contributed by atoms with van der Waals surface area (Å²) in [5, 5.41) is 2.86. The van der Waals surface area contributed by atoms with Gasteiger partial charge in [-0.05, 0) is 50.1 Å². The van der Waals surface area contributed by atoms with Crippen LogP contribution in [0.1, 0.15) is 32.3 Å². The second-order valence-electron chi connectivity index (χ2n) is 6.83. The van der Waals surface area contributed by atoms with Crippen molar-refractivity contribution in [1.29, 1.82) is 0 Å². The topological polar surface area (TPSA) is 75.7 Å². The van der Waals surface area contributed by atoms with Gasteiger partial charge in [0.15, 0.2) is 0 Å². The van der Waals surface area contributed by atoms with Crippen LogP contribution in [0.4, 0.5) is 0 Å². The first-order valence-electron chi connectivity index (χ1n) is 9.32. The molecule has 0 heterocycles. The highest BCUT2D eigenvalue weighted by atomic mass is 32.2. The molecule has 152 valence electrons. The summed E-state index contributed by atoms with van der Waals surface area (Å²) >= 11 is 0. The van der Waals surface area contributed by atoms with E-state index in [9.17, 15) is 13.2 Å². The van der Waals surface area contributed by atoms with Crippen molar-refractivity contribution in [2.45, 2.75) is 44.2 Å². The van der Waals surface area contributed by atoms with Crippen LogP contribution in [-0.4, -0.2) is 38.3 Å². The Morgan fingerprint density at radius 1 is 1.07 bits per heavy atom. The minimum absolute atomic E-state index is 0.104. The first-order valence-corrected chi connectivity index (χ1v) is 10.8. The van der Waals surface area contributed by atoms with Crippen LogP contribution in [0, 0.1) is 0 Å². The van der Waals surface area contributed by atoms with Gasteiger partial charge in [0, 0.05) is 26.6 Å². The van der Waals surface area contributed by atoms with Crippen LogP contribution >= 0.6 is 0 Å². The molecule has 2 aromatic rings. The molecule has 28 heavy (non-hydrogen) atoms. The predicted molar refractivity (Wildman–Crippen MR) is 110 cm³/mol. The lowest BCUT2D eigenvalue weighted by Gasteiger charge is -2.17. The number of rotatable bonds is 10. The van der Waals surface area contributed by atoms with Crippen molar-refractivity contribution >= 4 is 15.9 Å². The fourth-order valence-corrected chi connectivity index (χ4v) is 3.83. The zero-order chi connectivity index (χ0) is 20.6. The molecule has 1 N–H and O–H groups in total. The molecule has 0 unspecified atom stereocenters. The van der Waals surface area contributed by atoms with Gasteiger partial charge in [-0.2, -0.15) is 0 Å². The van der Waals surface area contributed by atoms with Crippen molar-refractivity contribution in [3.05, 3.63) is 60.2 Å². The fourth-order valence-electron chi connectivity index (χ4n) is 2.60. The summed E-state index contributed by atoms with van der Waals surface area (Å²) in [6.07, 6.45) is 0.841. The van der Waals surface area contributed by atoms with Gasteiger partial charge >= 0.3 is 0 Å². The average Bonchev–Trinajstić information content (AvgIpc) is 2.67. The largest absolute Gasteiger partial charge is 0.491 e. The van der Waals surface area contributed by atoms with Gasteiger partial charge in [0.25, 0.3) is 0 Å². The molecule has 0 spiro atoms. The molecule has 2 rings (SSSR count). The summed E-state index contributed by atoms with van der Waals surface area (Å²) in [4.78, 5) is 12.3. The third-order valence-electron chi connectivity index (χ3n) is 4.11. The molecule has 0 aliphatic carbocycles. The van der Waals surface area contributed by atoms with E-state index in [4.69, 9.17) is 4.74 Å². The van der Waals surface area contributed by atoms with E-state index in [1.807, 2.05) is 38.1 Å². The molecule has 0 aliphatic heterocycles. The Bertz CT molecular complexity index is 850. The van der Waals surface area contributed by atoms with E-state index in [0.717, 1.165) is 11.3 Å². The Balaban J connectivity index is 1.74. The SMILES string of the molecule is CC(C)Oc1ccc(CNC(=O)CCCN(C)S(=O)(=O)c2ccccc2)cc1. The number of hydrogen-bond donors (Lipinski definition) is 1. The van der Waals surface area contributed by atoms with Gasteiger partial charge in [0.05, 0.1) is 11.0 Å². The molecule has 0 aliphatic rings. The number of benzene rings is 2. The molecule has 0 saturated carbocycles. The lowest BCUT2D eigenvalue weighted by atomic mass is 10.2. The molecule has 6 nitrogen and oxygen atoms in total. The zero-order valence-corrected chi connectivity index (χ0v) is 17.4. The molecule has 0 saturated heterocycles. The second-order valence-corrected chi connectivity index (χ2v) is 8.88. The number of carbonyl (C=O) groups excluding carboxylic acids is 1. The molecule has 7 heteroatoms. The number of nitrogens with zero attached hydrogens (tertiary/aromatic N) is 1. The van der Waals surface area contributed by atoms with Crippen LogP contribution in [0.3, 0.4) is 0 Å². The first kappa shape index (κ1) is 21.9. The highest BCUT2D eigenvalue weighted by Gasteiger charge is 2.19. The minimum atomic E-state index is -3.52. The van der Waals surface area contributed by atoms with Crippen molar-refractivity contribution in [2.24, 2.45) is 0 Å². The fraction of sp³-hybridized carbons (Fsp3) is 0.381. The first-order chi connectivity index (χ1) is 13.3. The van der Waals surface area contributed by atoms with Gasteiger partial charge in [0.1, 0.15) is 5.75 Å². The van der Waals surface area contributed by atoms with Crippen molar-refractivity contribution in [1.82, 2.24) is 9.62 Å². The van der Waals surface area contributed by atoms with Gasteiger partial charge in [0.2, 0.25) is 15.9 Å². The van der Waals surface area contributed by atoms with E-state index in [1.54, 1.807) is 30.3 Å². The number of sulfonamides is 1. The monoisotopic (exact) mass is 404 g/mol. The van der Waals surface area contributed by atoms with E-state index in [-0.39, 0.29) is 29.9 Å². The highest BCUT2D eigenvalue weighted by Crippen LogP contribution is 2.15. The van der Waals surface area contributed by atoms with E-state index in [0.29, 0.717) is 13.0 Å². The second kappa shape index (κ2) is 10.2. The quantitative estimate of drug-likeness (QED) is 0.660. The highest BCUT2D eigenvalue weighted by molar-refractivity contribution is 7.89. The Morgan fingerprint density at radius 2 is 1.71 bits per heavy atom. The summed E-state index contributed by atoms with van der Waals surface area (Å²) in [6.45, 7) is 4.65. The van der Waals surface area contributed by atoms with Crippen molar-refractivity contribution < 1.29 is 17.9 Å². The maximum absolute atomic E-state index is 12.4. The lowest BCUT2D eigenvalue weighted by Crippen LogP contribution is -2.29. The molecule has 0 radical (unpaired) electrons. The van der Waals surface area contributed by atoms with Crippen LogP contribution in [0.2, 0.25) is 0 Å². The summed E-state index contributed by atoms with van der Waals surface area (Å²) in [5.41, 5.74) is 0.980. The minimum Gasteiger partial charge on any atom is -0.491 e. The van der Waals surface area contributed by atoms with E-state index >= 15 is 0 Å². The molecule has 0 aromatic heterocycles.